The highest BCUT2D eigenvalue weighted by atomic mass is 32.2. The smallest absolute Gasteiger partial charge is 0.351 e. The van der Waals surface area contributed by atoms with Gasteiger partial charge in [-0.15, -0.1) is 0 Å². The van der Waals surface area contributed by atoms with Gasteiger partial charge in [-0.3, -0.25) is 0 Å². The number of imidazole rings is 1. The molecule has 0 aliphatic heterocycles. The number of nitrogens with one attached hydrogen (secondary N) is 1. The summed E-state index contributed by atoms with van der Waals surface area (Å²) >= 11 is 0. The molecule has 1 saturated carbocycles. The van der Waals surface area contributed by atoms with Gasteiger partial charge in [-0.25, -0.2) is 13.4 Å². The second kappa shape index (κ2) is 7.51. The molecule has 0 saturated heterocycles. The van der Waals surface area contributed by atoms with Gasteiger partial charge in [-0.2, -0.15) is 17.5 Å². The molecule has 0 amide bonds. The predicted octanol–water partition coefficient (Wildman–Crippen LogP) is 4.54. The maximum atomic E-state index is 13.3. The molecule has 9 heteroatoms. The van der Waals surface area contributed by atoms with Crippen LogP contribution in [0.4, 0.5) is 13.2 Å². The molecular weight excluding hydrogens is 391 g/mol. The van der Waals surface area contributed by atoms with Gasteiger partial charge in [-0.1, -0.05) is 19.3 Å². The average molecular weight is 415 g/mol. The number of nitrogens with zero attached hydrogens (tertiary/aromatic N) is 2. The van der Waals surface area contributed by atoms with Crippen LogP contribution in [0.1, 0.15) is 50.3 Å². The average Bonchev–Trinajstić information content (AvgIpc) is 3.22. The third-order valence-electron chi connectivity index (χ3n) is 5.91. The zero-order chi connectivity index (χ0) is 20.6. The lowest BCUT2D eigenvalue weighted by atomic mass is 9.74. The molecule has 1 atom stereocenters. The zero-order valence-corrected chi connectivity index (χ0v) is 16.6. The second-order valence-corrected chi connectivity index (χ2v) is 9.40. The molecule has 154 valence electrons. The van der Waals surface area contributed by atoms with Crippen LogP contribution >= 0.6 is 0 Å². The highest BCUT2D eigenvalue weighted by molar-refractivity contribution is 7.89. The van der Waals surface area contributed by atoms with Crippen molar-refractivity contribution >= 4 is 10.0 Å². The highest BCUT2D eigenvalue weighted by Crippen LogP contribution is 2.44. The Morgan fingerprint density at radius 1 is 1.11 bits per heavy atom. The summed E-state index contributed by atoms with van der Waals surface area (Å²) in [6.45, 7) is 1.85. The number of aromatic nitrogens is 2. The Labute approximate surface area is 163 Å². The van der Waals surface area contributed by atoms with E-state index >= 15 is 0 Å². The van der Waals surface area contributed by atoms with E-state index < -0.39 is 27.3 Å². The third-order valence-corrected chi connectivity index (χ3v) is 7.88. The molecule has 1 heterocycles. The molecule has 1 aliphatic carbocycles. The van der Waals surface area contributed by atoms with Crippen LogP contribution in [-0.2, 0) is 21.7 Å². The van der Waals surface area contributed by atoms with Gasteiger partial charge in [0.15, 0.2) is 0 Å². The van der Waals surface area contributed by atoms with Crippen LogP contribution in [0.25, 0.3) is 0 Å². The number of aromatic amines is 1. The molecular formula is C19H24F3N3O2S. The zero-order valence-electron chi connectivity index (χ0n) is 15.8. The van der Waals surface area contributed by atoms with Crippen molar-refractivity contribution in [2.45, 2.75) is 55.6 Å². The molecule has 1 aromatic carbocycles. The largest absolute Gasteiger partial charge is 0.416 e. The molecule has 1 aromatic heterocycles. The van der Waals surface area contributed by atoms with Gasteiger partial charge in [-0.05, 0) is 49.9 Å². The Kier molecular flexibility index (Phi) is 5.60. The Morgan fingerprint density at radius 3 is 2.21 bits per heavy atom. The summed E-state index contributed by atoms with van der Waals surface area (Å²) in [5.41, 5.74) is -1.17. The van der Waals surface area contributed by atoms with Crippen molar-refractivity contribution in [1.82, 2.24) is 14.3 Å². The van der Waals surface area contributed by atoms with E-state index in [0.29, 0.717) is 5.69 Å². The fourth-order valence-corrected chi connectivity index (χ4v) is 5.59. The first-order chi connectivity index (χ1) is 13.1. The fourth-order valence-electron chi connectivity index (χ4n) is 4.05. The van der Waals surface area contributed by atoms with Crippen LogP contribution in [0.5, 0.6) is 0 Å². The van der Waals surface area contributed by atoms with Crippen molar-refractivity contribution in [2.24, 2.45) is 5.92 Å². The van der Waals surface area contributed by atoms with Crippen molar-refractivity contribution in [3.8, 4) is 0 Å². The summed E-state index contributed by atoms with van der Waals surface area (Å²) in [5, 5.41) is 0. The van der Waals surface area contributed by atoms with Crippen molar-refractivity contribution in [2.75, 3.05) is 7.05 Å². The van der Waals surface area contributed by atoms with Crippen molar-refractivity contribution in [1.29, 1.82) is 0 Å². The SMILES string of the molecule is CN(C(C)(c1c[nH]cn1)C1CCCCC1)S(=O)(=O)c1ccc(C(F)(F)F)cc1. The Morgan fingerprint density at radius 2 is 1.71 bits per heavy atom. The standard InChI is InChI=1S/C19H24F3N3O2S/c1-18(17-12-23-13-24-17,14-6-4-3-5-7-14)25(2)28(26,27)16-10-8-15(9-11-16)19(20,21)22/h8-14H,3-7H2,1-2H3,(H,23,24). The van der Waals surface area contributed by atoms with Crippen LogP contribution in [0.2, 0.25) is 0 Å². The first-order valence-corrected chi connectivity index (χ1v) is 10.7. The van der Waals surface area contributed by atoms with Gasteiger partial charge < -0.3 is 4.98 Å². The van der Waals surface area contributed by atoms with E-state index in [9.17, 15) is 21.6 Å². The fraction of sp³-hybridized carbons (Fsp3) is 0.526. The molecule has 5 nitrogen and oxygen atoms in total. The molecule has 3 rings (SSSR count). The van der Waals surface area contributed by atoms with Gasteiger partial charge in [0.1, 0.15) is 0 Å². The first-order valence-electron chi connectivity index (χ1n) is 9.23. The van der Waals surface area contributed by atoms with E-state index in [0.717, 1.165) is 56.4 Å². The minimum absolute atomic E-state index is 0.0683. The predicted molar refractivity (Wildman–Crippen MR) is 98.9 cm³/mol. The van der Waals surface area contributed by atoms with E-state index in [1.807, 2.05) is 6.92 Å². The van der Waals surface area contributed by atoms with E-state index in [1.54, 1.807) is 6.20 Å². The summed E-state index contributed by atoms with van der Waals surface area (Å²) in [7, 11) is -2.54. The number of hydrogen-bond acceptors (Lipinski definition) is 3. The first kappa shape index (κ1) is 20.9. The minimum atomic E-state index is -4.51. The summed E-state index contributed by atoms with van der Waals surface area (Å²) in [5.74, 6) is 0.0683. The normalized spacial score (nSPS) is 18.9. The summed E-state index contributed by atoms with van der Waals surface area (Å²) in [6.07, 6.45) is 3.56. The van der Waals surface area contributed by atoms with Gasteiger partial charge in [0.05, 0.1) is 28.0 Å². The van der Waals surface area contributed by atoms with E-state index in [2.05, 4.69) is 9.97 Å². The van der Waals surface area contributed by atoms with E-state index in [-0.39, 0.29) is 10.8 Å². The molecule has 1 aliphatic rings. The highest BCUT2D eigenvalue weighted by Gasteiger charge is 2.46. The van der Waals surface area contributed by atoms with Crippen molar-refractivity contribution in [3.63, 3.8) is 0 Å². The monoisotopic (exact) mass is 415 g/mol. The maximum absolute atomic E-state index is 13.3. The molecule has 2 aromatic rings. The number of rotatable bonds is 5. The van der Waals surface area contributed by atoms with Crippen molar-refractivity contribution in [3.05, 3.63) is 48.0 Å². The van der Waals surface area contributed by atoms with Crippen LogP contribution in [0.15, 0.2) is 41.7 Å². The third kappa shape index (κ3) is 3.69. The topological polar surface area (TPSA) is 66.1 Å². The lowest BCUT2D eigenvalue weighted by Crippen LogP contribution is -2.50. The van der Waals surface area contributed by atoms with Crippen LogP contribution in [0.3, 0.4) is 0 Å². The molecule has 0 spiro atoms. The maximum Gasteiger partial charge on any atom is 0.416 e. The Balaban J connectivity index is 2.01. The summed E-state index contributed by atoms with van der Waals surface area (Å²) in [4.78, 5) is 7.05. The molecule has 1 fully saturated rings. The van der Waals surface area contributed by atoms with Crippen LogP contribution in [0, 0.1) is 5.92 Å². The van der Waals surface area contributed by atoms with Crippen molar-refractivity contribution < 1.29 is 21.6 Å². The summed E-state index contributed by atoms with van der Waals surface area (Å²) < 4.78 is 66.3. The lowest BCUT2D eigenvalue weighted by Gasteiger charge is -2.44. The quantitative estimate of drug-likeness (QED) is 0.779. The number of hydrogen-bond donors (Lipinski definition) is 1. The Hall–Kier alpha value is -1.87. The number of alkyl halides is 3. The number of H-pyrrole nitrogens is 1. The molecule has 1 unspecified atom stereocenters. The van der Waals surface area contributed by atoms with E-state index in [4.69, 9.17) is 0 Å². The minimum Gasteiger partial charge on any atom is -0.351 e. The van der Waals surface area contributed by atoms with Gasteiger partial charge in [0.2, 0.25) is 10.0 Å². The number of sulfonamides is 1. The summed E-state index contributed by atoms with van der Waals surface area (Å²) in [6, 6.07) is 3.63. The number of halogens is 3. The molecule has 1 N–H and O–H groups in total. The molecule has 28 heavy (non-hydrogen) atoms. The van der Waals surface area contributed by atoms with Gasteiger partial charge >= 0.3 is 6.18 Å². The van der Waals surface area contributed by atoms with Gasteiger partial charge in [0, 0.05) is 13.2 Å². The van der Waals surface area contributed by atoms with Crippen LogP contribution < -0.4 is 0 Å². The van der Waals surface area contributed by atoms with Gasteiger partial charge in [0.25, 0.3) is 0 Å². The number of benzene rings is 1. The second-order valence-electron chi connectivity index (χ2n) is 7.43. The van der Waals surface area contributed by atoms with E-state index in [1.165, 1.54) is 17.7 Å². The Bertz CT molecular complexity index is 890. The molecule has 0 radical (unpaired) electrons. The lowest BCUT2D eigenvalue weighted by molar-refractivity contribution is -0.137. The molecule has 0 bridgehead atoms. The van der Waals surface area contributed by atoms with Crippen LogP contribution in [-0.4, -0.2) is 29.7 Å².